The Hall–Kier alpha value is -1.09. The zero-order chi connectivity index (χ0) is 13.0. The van der Waals surface area contributed by atoms with Crippen molar-refractivity contribution in [1.82, 2.24) is 10.3 Å². The first-order valence-corrected chi connectivity index (χ1v) is 6.93. The van der Waals surface area contributed by atoms with Gasteiger partial charge in [0.25, 0.3) is 5.91 Å². The molecule has 0 aromatic carbocycles. The molecule has 0 radical (unpaired) electrons. The van der Waals surface area contributed by atoms with Gasteiger partial charge in [-0.1, -0.05) is 31.4 Å². The number of carbonyl (C=O) groups is 1. The lowest BCUT2D eigenvalue weighted by atomic mass is 9.83. The molecule has 0 spiro atoms. The first-order chi connectivity index (χ1) is 8.65. The third kappa shape index (κ3) is 3.02. The van der Waals surface area contributed by atoms with Crippen molar-refractivity contribution in [2.24, 2.45) is 5.41 Å². The second-order valence-corrected chi connectivity index (χ2v) is 5.54. The predicted octanol–water partition coefficient (Wildman–Crippen LogP) is 3.44. The molecule has 1 fully saturated rings. The lowest BCUT2D eigenvalue weighted by Crippen LogP contribution is -2.35. The molecule has 4 heteroatoms. The summed E-state index contributed by atoms with van der Waals surface area (Å²) in [5, 5.41) is 3.54. The van der Waals surface area contributed by atoms with Gasteiger partial charge in [0.2, 0.25) is 0 Å². The van der Waals surface area contributed by atoms with Crippen molar-refractivity contribution >= 4 is 17.5 Å². The second-order valence-electron chi connectivity index (χ2n) is 5.10. The van der Waals surface area contributed by atoms with Gasteiger partial charge in [-0.15, -0.1) is 0 Å². The van der Waals surface area contributed by atoms with E-state index in [0.717, 1.165) is 13.0 Å². The van der Waals surface area contributed by atoms with Crippen LogP contribution in [0.2, 0.25) is 5.02 Å². The van der Waals surface area contributed by atoms with E-state index in [2.05, 4.69) is 17.2 Å². The molecule has 0 aliphatic heterocycles. The summed E-state index contributed by atoms with van der Waals surface area (Å²) in [6, 6.07) is 3.27. The SMILES string of the molecule is CCC1(CNC(=O)c2cc(Cl)ccn2)CCCC1. The maximum absolute atomic E-state index is 12.0. The van der Waals surface area contributed by atoms with E-state index in [4.69, 9.17) is 11.6 Å². The zero-order valence-electron chi connectivity index (χ0n) is 10.7. The van der Waals surface area contributed by atoms with Gasteiger partial charge in [-0.2, -0.15) is 0 Å². The molecule has 2 rings (SSSR count). The highest BCUT2D eigenvalue weighted by Crippen LogP contribution is 2.40. The smallest absolute Gasteiger partial charge is 0.269 e. The highest BCUT2D eigenvalue weighted by Gasteiger charge is 2.32. The van der Waals surface area contributed by atoms with Crippen LogP contribution in [0.25, 0.3) is 0 Å². The van der Waals surface area contributed by atoms with Crippen molar-refractivity contribution in [2.45, 2.75) is 39.0 Å². The molecule has 0 bridgehead atoms. The van der Waals surface area contributed by atoms with Gasteiger partial charge in [0.05, 0.1) is 0 Å². The van der Waals surface area contributed by atoms with Crippen molar-refractivity contribution in [1.29, 1.82) is 0 Å². The van der Waals surface area contributed by atoms with Gasteiger partial charge in [-0.05, 0) is 36.8 Å². The fourth-order valence-electron chi connectivity index (χ4n) is 2.67. The zero-order valence-corrected chi connectivity index (χ0v) is 11.5. The number of amides is 1. The summed E-state index contributed by atoms with van der Waals surface area (Å²) >= 11 is 5.85. The maximum atomic E-state index is 12.0. The summed E-state index contributed by atoms with van der Waals surface area (Å²) in [6.45, 7) is 2.95. The van der Waals surface area contributed by atoms with E-state index in [1.807, 2.05) is 0 Å². The summed E-state index contributed by atoms with van der Waals surface area (Å²) in [5.41, 5.74) is 0.695. The van der Waals surface area contributed by atoms with Crippen molar-refractivity contribution < 1.29 is 4.79 Å². The Morgan fingerprint density at radius 3 is 2.83 bits per heavy atom. The highest BCUT2D eigenvalue weighted by atomic mass is 35.5. The molecule has 0 unspecified atom stereocenters. The monoisotopic (exact) mass is 266 g/mol. The van der Waals surface area contributed by atoms with Crippen molar-refractivity contribution in [3.8, 4) is 0 Å². The molecule has 1 aliphatic rings. The van der Waals surface area contributed by atoms with Crippen molar-refractivity contribution in [3.63, 3.8) is 0 Å². The fraction of sp³-hybridized carbons (Fsp3) is 0.571. The lowest BCUT2D eigenvalue weighted by Gasteiger charge is -2.27. The van der Waals surface area contributed by atoms with Gasteiger partial charge < -0.3 is 5.32 Å². The average molecular weight is 267 g/mol. The van der Waals surface area contributed by atoms with Crippen LogP contribution in [0.15, 0.2) is 18.3 Å². The highest BCUT2D eigenvalue weighted by molar-refractivity contribution is 6.30. The maximum Gasteiger partial charge on any atom is 0.269 e. The number of carbonyl (C=O) groups excluding carboxylic acids is 1. The Balaban J connectivity index is 1.96. The van der Waals surface area contributed by atoms with Gasteiger partial charge in [-0.25, -0.2) is 0 Å². The largest absolute Gasteiger partial charge is 0.350 e. The standard InChI is InChI=1S/C14H19ClN2O/c1-2-14(6-3-4-7-14)10-17-13(18)12-9-11(15)5-8-16-12/h5,8-9H,2-4,6-7,10H2,1H3,(H,17,18). The lowest BCUT2D eigenvalue weighted by molar-refractivity contribution is 0.0924. The van der Waals surface area contributed by atoms with Gasteiger partial charge in [0, 0.05) is 17.8 Å². The molecule has 0 saturated heterocycles. The van der Waals surface area contributed by atoms with Gasteiger partial charge in [0.15, 0.2) is 0 Å². The van der Waals surface area contributed by atoms with Gasteiger partial charge >= 0.3 is 0 Å². The molecule has 0 atom stereocenters. The Kier molecular flexibility index (Phi) is 4.23. The van der Waals surface area contributed by atoms with Crippen LogP contribution >= 0.6 is 11.6 Å². The number of hydrogen-bond acceptors (Lipinski definition) is 2. The Morgan fingerprint density at radius 1 is 1.50 bits per heavy atom. The second kappa shape index (κ2) is 5.70. The van der Waals surface area contributed by atoms with Crippen LogP contribution in [0, 0.1) is 5.41 Å². The fourth-order valence-corrected chi connectivity index (χ4v) is 2.83. The summed E-state index contributed by atoms with van der Waals surface area (Å²) in [4.78, 5) is 16.0. The van der Waals surface area contributed by atoms with E-state index in [1.165, 1.54) is 25.7 Å². The molecule has 1 aromatic rings. The molecule has 1 heterocycles. The van der Waals surface area contributed by atoms with E-state index in [9.17, 15) is 4.79 Å². The van der Waals surface area contributed by atoms with E-state index >= 15 is 0 Å². The summed E-state index contributed by atoms with van der Waals surface area (Å²) < 4.78 is 0. The summed E-state index contributed by atoms with van der Waals surface area (Å²) in [6.07, 6.45) is 7.66. The number of halogens is 1. The van der Waals surface area contributed by atoms with Crippen LogP contribution in [0.3, 0.4) is 0 Å². The van der Waals surface area contributed by atoms with Crippen LogP contribution < -0.4 is 5.32 Å². The number of nitrogens with zero attached hydrogens (tertiary/aromatic N) is 1. The average Bonchev–Trinajstić information content (AvgIpc) is 2.85. The number of pyridine rings is 1. The van der Waals surface area contributed by atoms with E-state index in [0.29, 0.717) is 16.1 Å². The molecule has 98 valence electrons. The quantitative estimate of drug-likeness (QED) is 0.907. The molecule has 18 heavy (non-hydrogen) atoms. The van der Waals surface area contributed by atoms with Crippen LogP contribution in [-0.4, -0.2) is 17.4 Å². The van der Waals surface area contributed by atoms with Crippen LogP contribution in [0.1, 0.15) is 49.5 Å². The van der Waals surface area contributed by atoms with E-state index < -0.39 is 0 Å². The van der Waals surface area contributed by atoms with Crippen LogP contribution in [0.4, 0.5) is 0 Å². The van der Waals surface area contributed by atoms with Crippen molar-refractivity contribution in [3.05, 3.63) is 29.0 Å². The summed E-state index contributed by atoms with van der Waals surface area (Å²) in [7, 11) is 0. The number of aromatic nitrogens is 1. The molecule has 1 aromatic heterocycles. The number of hydrogen-bond donors (Lipinski definition) is 1. The Labute approximate surface area is 113 Å². The third-order valence-corrected chi connectivity index (χ3v) is 4.23. The summed E-state index contributed by atoms with van der Waals surface area (Å²) in [5.74, 6) is -0.128. The van der Waals surface area contributed by atoms with Crippen molar-refractivity contribution in [2.75, 3.05) is 6.54 Å². The molecular weight excluding hydrogens is 248 g/mol. The molecule has 1 saturated carbocycles. The van der Waals surface area contributed by atoms with E-state index in [-0.39, 0.29) is 5.91 Å². The van der Waals surface area contributed by atoms with Gasteiger partial charge in [0.1, 0.15) is 5.69 Å². The van der Waals surface area contributed by atoms with Crippen LogP contribution in [0.5, 0.6) is 0 Å². The first-order valence-electron chi connectivity index (χ1n) is 6.55. The third-order valence-electron chi connectivity index (χ3n) is 3.99. The van der Waals surface area contributed by atoms with Gasteiger partial charge in [-0.3, -0.25) is 9.78 Å². The molecule has 1 aliphatic carbocycles. The topological polar surface area (TPSA) is 42.0 Å². The molecule has 1 amide bonds. The minimum absolute atomic E-state index is 0.128. The molecule has 1 N–H and O–H groups in total. The minimum atomic E-state index is -0.128. The molecular formula is C14H19ClN2O. The normalized spacial score (nSPS) is 17.7. The Morgan fingerprint density at radius 2 is 2.22 bits per heavy atom. The first kappa shape index (κ1) is 13.3. The Bertz CT molecular complexity index is 428. The number of rotatable bonds is 4. The number of nitrogens with one attached hydrogen (secondary N) is 1. The van der Waals surface area contributed by atoms with Crippen LogP contribution in [-0.2, 0) is 0 Å². The molecule has 3 nitrogen and oxygen atoms in total. The van der Waals surface area contributed by atoms with E-state index in [1.54, 1.807) is 18.3 Å². The minimum Gasteiger partial charge on any atom is -0.350 e. The predicted molar refractivity (Wildman–Crippen MR) is 72.8 cm³/mol.